The van der Waals surface area contributed by atoms with Crippen LogP contribution in [0.5, 0.6) is 0 Å². The number of carbonyl (C=O) groups is 3. The number of carbonyl (C=O) groups excluding carboxylic acids is 3. The molecule has 1 aliphatic heterocycles. The molecule has 7 heteroatoms. The van der Waals surface area contributed by atoms with E-state index >= 15 is 0 Å². The quantitative estimate of drug-likeness (QED) is 0.704. The van der Waals surface area contributed by atoms with Crippen molar-refractivity contribution in [2.24, 2.45) is 0 Å². The van der Waals surface area contributed by atoms with Crippen molar-refractivity contribution in [3.63, 3.8) is 0 Å². The van der Waals surface area contributed by atoms with Gasteiger partial charge in [-0.2, -0.15) is 0 Å². The number of anilines is 2. The van der Waals surface area contributed by atoms with Crippen molar-refractivity contribution in [3.05, 3.63) is 60.2 Å². The Morgan fingerprint density at radius 3 is 2.48 bits per heavy atom. The summed E-state index contributed by atoms with van der Waals surface area (Å²) in [7, 11) is 0. The Labute approximate surface area is 170 Å². The molecule has 3 N–H and O–H groups in total. The Kier molecular flexibility index (Phi) is 6.49. The molecule has 1 unspecified atom stereocenters. The van der Waals surface area contributed by atoms with Gasteiger partial charge in [-0.05, 0) is 44.4 Å². The van der Waals surface area contributed by atoms with Gasteiger partial charge < -0.3 is 16.0 Å². The zero-order valence-corrected chi connectivity index (χ0v) is 16.6. The number of para-hydroxylation sites is 2. The highest BCUT2D eigenvalue weighted by Gasteiger charge is 2.28. The highest BCUT2D eigenvalue weighted by atomic mass is 16.2. The van der Waals surface area contributed by atoms with Crippen LogP contribution in [0.3, 0.4) is 0 Å². The summed E-state index contributed by atoms with van der Waals surface area (Å²) in [6, 6.07) is 15.9. The summed E-state index contributed by atoms with van der Waals surface area (Å²) in [6.45, 7) is 3.48. The minimum Gasteiger partial charge on any atom is -0.352 e. The van der Waals surface area contributed by atoms with Crippen molar-refractivity contribution >= 4 is 29.2 Å². The molecular formula is C22H26N4O3. The van der Waals surface area contributed by atoms with Crippen LogP contribution < -0.4 is 20.9 Å². The molecule has 2 aromatic carbocycles. The van der Waals surface area contributed by atoms with Gasteiger partial charge >= 0.3 is 6.03 Å². The number of nitrogens with one attached hydrogen (secondary N) is 3. The molecule has 29 heavy (non-hydrogen) atoms. The molecule has 0 radical (unpaired) electrons. The first-order chi connectivity index (χ1) is 13.9. The van der Waals surface area contributed by atoms with E-state index in [1.54, 1.807) is 31.2 Å². The van der Waals surface area contributed by atoms with Crippen LogP contribution in [0.4, 0.5) is 16.2 Å². The Morgan fingerprint density at radius 1 is 1.03 bits per heavy atom. The molecule has 152 valence electrons. The largest absolute Gasteiger partial charge is 0.352 e. The maximum absolute atomic E-state index is 12.7. The van der Waals surface area contributed by atoms with Crippen LogP contribution in [0.15, 0.2) is 54.6 Å². The highest BCUT2D eigenvalue weighted by molar-refractivity contribution is 6.10. The molecule has 0 fully saturated rings. The zero-order chi connectivity index (χ0) is 20.8. The third-order valence-electron chi connectivity index (χ3n) is 4.85. The molecule has 1 aliphatic rings. The van der Waals surface area contributed by atoms with Gasteiger partial charge in [-0.3, -0.25) is 14.5 Å². The second-order valence-electron chi connectivity index (χ2n) is 7.26. The normalized spacial score (nSPS) is 15.0. The molecule has 4 amide bonds. The number of fused-ring (bicyclic) bond motifs is 1. The van der Waals surface area contributed by atoms with Crippen molar-refractivity contribution in [1.82, 2.24) is 10.6 Å². The minimum absolute atomic E-state index is 0.0245. The van der Waals surface area contributed by atoms with Gasteiger partial charge in [0.1, 0.15) is 12.6 Å². The van der Waals surface area contributed by atoms with Crippen molar-refractivity contribution in [3.8, 4) is 0 Å². The summed E-state index contributed by atoms with van der Waals surface area (Å²) in [5.74, 6) is -0.529. The van der Waals surface area contributed by atoms with Crippen molar-refractivity contribution in [2.45, 2.75) is 38.8 Å². The van der Waals surface area contributed by atoms with Gasteiger partial charge in [0, 0.05) is 6.04 Å². The van der Waals surface area contributed by atoms with Gasteiger partial charge in [0.15, 0.2) is 0 Å². The monoisotopic (exact) mass is 394 g/mol. The molecular weight excluding hydrogens is 368 g/mol. The SMILES string of the molecule is CC(CCc1ccccc1)NC(=O)[C@H](C)NC(=O)N1CC(=O)Nc2ccccc21. The van der Waals surface area contributed by atoms with Crippen molar-refractivity contribution in [2.75, 3.05) is 16.8 Å². The Bertz CT molecular complexity index is 885. The van der Waals surface area contributed by atoms with E-state index in [4.69, 9.17) is 0 Å². The number of hydrogen-bond acceptors (Lipinski definition) is 3. The minimum atomic E-state index is -0.723. The first-order valence-corrected chi connectivity index (χ1v) is 9.75. The average molecular weight is 394 g/mol. The molecule has 0 aliphatic carbocycles. The van der Waals surface area contributed by atoms with Gasteiger partial charge in [-0.15, -0.1) is 0 Å². The fourth-order valence-corrected chi connectivity index (χ4v) is 3.21. The Morgan fingerprint density at radius 2 is 1.72 bits per heavy atom. The van der Waals surface area contributed by atoms with E-state index in [2.05, 4.69) is 28.1 Å². The van der Waals surface area contributed by atoms with Crippen LogP contribution >= 0.6 is 0 Å². The molecule has 7 nitrogen and oxygen atoms in total. The van der Waals surface area contributed by atoms with Crippen LogP contribution in [-0.4, -0.2) is 36.5 Å². The smallest absolute Gasteiger partial charge is 0.323 e. The third-order valence-corrected chi connectivity index (χ3v) is 4.85. The summed E-state index contributed by atoms with van der Waals surface area (Å²) in [6.07, 6.45) is 1.67. The summed E-state index contributed by atoms with van der Waals surface area (Å²) in [5, 5.41) is 8.35. The van der Waals surface area contributed by atoms with E-state index in [9.17, 15) is 14.4 Å². The molecule has 0 aromatic heterocycles. The second-order valence-corrected chi connectivity index (χ2v) is 7.26. The average Bonchev–Trinajstić information content (AvgIpc) is 2.72. The molecule has 0 saturated carbocycles. The lowest BCUT2D eigenvalue weighted by Crippen LogP contribution is -2.53. The Balaban J connectivity index is 1.53. The second kappa shape index (κ2) is 9.23. The van der Waals surface area contributed by atoms with Gasteiger partial charge in [-0.1, -0.05) is 42.5 Å². The van der Waals surface area contributed by atoms with Crippen molar-refractivity contribution in [1.29, 1.82) is 0 Å². The number of nitrogens with zero attached hydrogens (tertiary/aromatic N) is 1. The van der Waals surface area contributed by atoms with E-state index in [-0.39, 0.29) is 24.4 Å². The molecule has 1 heterocycles. The number of urea groups is 1. The molecule has 0 saturated heterocycles. The summed E-state index contributed by atoms with van der Waals surface area (Å²) in [4.78, 5) is 38.4. The van der Waals surface area contributed by atoms with Gasteiger partial charge in [-0.25, -0.2) is 4.79 Å². The number of benzene rings is 2. The van der Waals surface area contributed by atoms with Gasteiger partial charge in [0.25, 0.3) is 0 Å². The van der Waals surface area contributed by atoms with Crippen LogP contribution in [0, 0.1) is 0 Å². The van der Waals surface area contributed by atoms with E-state index in [1.165, 1.54) is 10.5 Å². The van der Waals surface area contributed by atoms with Gasteiger partial charge in [0.05, 0.1) is 11.4 Å². The van der Waals surface area contributed by atoms with Crippen LogP contribution in [-0.2, 0) is 16.0 Å². The summed E-state index contributed by atoms with van der Waals surface area (Å²) >= 11 is 0. The van der Waals surface area contributed by atoms with E-state index in [0.29, 0.717) is 11.4 Å². The van der Waals surface area contributed by atoms with E-state index in [0.717, 1.165) is 12.8 Å². The van der Waals surface area contributed by atoms with E-state index < -0.39 is 12.1 Å². The first kappa shape index (κ1) is 20.4. The summed E-state index contributed by atoms with van der Waals surface area (Å²) in [5.41, 5.74) is 2.40. The van der Waals surface area contributed by atoms with E-state index in [1.807, 2.05) is 25.1 Å². The lowest BCUT2D eigenvalue weighted by Gasteiger charge is -2.30. The topological polar surface area (TPSA) is 90.5 Å². The standard InChI is InChI=1S/C22H26N4O3/c1-15(12-13-17-8-4-3-5-9-17)23-21(28)16(2)24-22(29)26-14-20(27)25-18-10-6-7-11-19(18)26/h3-11,15-16H,12-14H2,1-2H3,(H,23,28)(H,24,29)(H,25,27)/t15?,16-/m0/s1. The molecule has 2 aromatic rings. The van der Waals surface area contributed by atoms with Crippen LogP contribution in [0.1, 0.15) is 25.8 Å². The molecule has 2 atom stereocenters. The molecule has 3 rings (SSSR count). The first-order valence-electron chi connectivity index (χ1n) is 9.75. The fraction of sp³-hybridized carbons (Fsp3) is 0.318. The predicted octanol–water partition coefficient (Wildman–Crippen LogP) is 2.68. The number of hydrogen-bond donors (Lipinski definition) is 3. The summed E-state index contributed by atoms with van der Waals surface area (Å²) < 4.78 is 0. The highest BCUT2D eigenvalue weighted by Crippen LogP contribution is 2.28. The molecule has 0 bridgehead atoms. The van der Waals surface area contributed by atoms with Crippen molar-refractivity contribution < 1.29 is 14.4 Å². The predicted molar refractivity (Wildman–Crippen MR) is 113 cm³/mol. The zero-order valence-electron chi connectivity index (χ0n) is 16.6. The number of rotatable bonds is 6. The van der Waals surface area contributed by atoms with Gasteiger partial charge in [0.2, 0.25) is 11.8 Å². The number of aryl methyl sites for hydroxylation is 1. The van der Waals surface area contributed by atoms with Crippen LogP contribution in [0.2, 0.25) is 0 Å². The lowest BCUT2D eigenvalue weighted by atomic mass is 10.1. The maximum atomic E-state index is 12.7. The Hall–Kier alpha value is -3.35. The number of amides is 4. The van der Waals surface area contributed by atoms with Crippen LogP contribution in [0.25, 0.3) is 0 Å². The molecule has 0 spiro atoms. The third kappa shape index (κ3) is 5.34. The fourth-order valence-electron chi connectivity index (χ4n) is 3.21. The lowest BCUT2D eigenvalue weighted by molar-refractivity contribution is -0.123. The maximum Gasteiger partial charge on any atom is 0.323 e.